The van der Waals surface area contributed by atoms with Crippen molar-refractivity contribution < 1.29 is 12.8 Å². The van der Waals surface area contributed by atoms with Gasteiger partial charge in [-0.25, -0.2) is 22.8 Å². The zero-order valence-corrected chi connectivity index (χ0v) is 9.52. The average Bonchev–Trinajstić information content (AvgIpc) is 2.08. The van der Waals surface area contributed by atoms with Crippen molar-refractivity contribution in [2.75, 3.05) is 18.6 Å². The number of rotatable bonds is 3. The molecule has 0 fully saturated rings. The van der Waals surface area contributed by atoms with Gasteiger partial charge in [0.15, 0.2) is 21.5 Å². The molecule has 0 amide bonds. The number of aryl methyl sites for hydroxylation is 1. The van der Waals surface area contributed by atoms with E-state index in [0.29, 0.717) is 0 Å². The van der Waals surface area contributed by atoms with Gasteiger partial charge in [0.1, 0.15) is 11.6 Å². The van der Waals surface area contributed by atoms with Crippen LogP contribution in [-0.4, -0.2) is 31.7 Å². The van der Waals surface area contributed by atoms with E-state index in [9.17, 15) is 12.8 Å². The first-order valence-electron chi connectivity index (χ1n) is 4.22. The summed E-state index contributed by atoms with van der Waals surface area (Å²) in [5.74, 6) is -0.736. The summed E-state index contributed by atoms with van der Waals surface area (Å²) < 4.78 is 35.3. The summed E-state index contributed by atoms with van der Waals surface area (Å²) in [5.41, 5.74) is 0.132. The van der Waals surface area contributed by atoms with Crippen molar-refractivity contribution >= 4 is 15.7 Å². The molecule has 0 radical (unpaired) electrons. The maximum absolute atomic E-state index is 13.3. The van der Waals surface area contributed by atoms with E-state index in [4.69, 9.17) is 0 Å². The third-order valence-corrected chi connectivity index (χ3v) is 2.47. The Hall–Kier alpha value is -1.24. The van der Waals surface area contributed by atoms with E-state index < -0.39 is 15.7 Å². The Kier molecular flexibility index (Phi) is 3.23. The maximum atomic E-state index is 13.3. The van der Waals surface area contributed by atoms with Crippen LogP contribution in [0.4, 0.5) is 10.2 Å². The van der Waals surface area contributed by atoms with Crippen molar-refractivity contribution in [1.82, 2.24) is 9.97 Å². The summed E-state index contributed by atoms with van der Waals surface area (Å²) >= 11 is 0. The monoisotopic (exact) mass is 233 g/mol. The van der Waals surface area contributed by atoms with E-state index in [-0.39, 0.29) is 23.1 Å². The Morgan fingerprint density at radius 1 is 1.40 bits per heavy atom. The topological polar surface area (TPSA) is 72.0 Å². The number of nitrogens with one attached hydrogen (secondary N) is 1. The van der Waals surface area contributed by atoms with Gasteiger partial charge in [0, 0.05) is 13.3 Å². The first-order chi connectivity index (χ1) is 6.83. The lowest BCUT2D eigenvalue weighted by Crippen LogP contribution is -2.10. The summed E-state index contributed by atoms with van der Waals surface area (Å²) in [6.45, 7) is 1.46. The molecule has 0 atom stereocenters. The van der Waals surface area contributed by atoms with Gasteiger partial charge in [0.2, 0.25) is 0 Å². The third-order valence-electron chi connectivity index (χ3n) is 1.69. The number of anilines is 1. The Morgan fingerprint density at radius 2 is 2.00 bits per heavy atom. The summed E-state index contributed by atoms with van der Waals surface area (Å²) in [6.07, 6.45) is 1.08. The lowest BCUT2D eigenvalue weighted by atomic mass is 10.4. The zero-order valence-electron chi connectivity index (χ0n) is 8.70. The Balaban J connectivity index is 3.17. The molecule has 1 heterocycles. The second kappa shape index (κ2) is 4.09. The van der Waals surface area contributed by atoms with Gasteiger partial charge < -0.3 is 5.32 Å². The standard InChI is InChI=1S/C8H12FN3O2S/c1-5-7(9)8(10-2)12-6(11-5)4-15(3,13)14/h4H2,1-3H3,(H,10,11,12). The molecule has 0 aromatic carbocycles. The average molecular weight is 233 g/mol. The van der Waals surface area contributed by atoms with E-state index in [2.05, 4.69) is 15.3 Å². The van der Waals surface area contributed by atoms with Gasteiger partial charge in [-0.2, -0.15) is 0 Å². The second-order valence-electron chi connectivity index (χ2n) is 3.21. The van der Waals surface area contributed by atoms with Crippen molar-refractivity contribution in [3.8, 4) is 0 Å². The van der Waals surface area contributed by atoms with E-state index >= 15 is 0 Å². The first kappa shape index (κ1) is 11.8. The summed E-state index contributed by atoms with van der Waals surface area (Å²) in [5, 5.41) is 2.54. The van der Waals surface area contributed by atoms with Gasteiger partial charge in [0.25, 0.3) is 0 Å². The number of aromatic nitrogens is 2. The SMILES string of the molecule is CNc1nc(CS(C)(=O)=O)nc(C)c1F. The van der Waals surface area contributed by atoms with Gasteiger partial charge in [0.05, 0.1) is 5.69 Å². The normalized spacial score (nSPS) is 11.5. The number of halogens is 1. The van der Waals surface area contributed by atoms with Crippen LogP contribution in [0.25, 0.3) is 0 Å². The van der Waals surface area contributed by atoms with Crippen molar-refractivity contribution in [1.29, 1.82) is 0 Å². The summed E-state index contributed by atoms with van der Waals surface area (Å²) in [4.78, 5) is 7.52. The van der Waals surface area contributed by atoms with Crippen LogP contribution in [0.3, 0.4) is 0 Å². The van der Waals surface area contributed by atoms with Crippen LogP contribution in [0.2, 0.25) is 0 Å². The molecule has 5 nitrogen and oxygen atoms in total. The van der Waals surface area contributed by atoms with Crippen molar-refractivity contribution in [2.24, 2.45) is 0 Å². The number of hydrogen-bond acceptors (Lipinski definition) is 5. The summed E-state index contributed by atoms with van der Waals surface area (Å²) in [6, 6.07) is 0. The van der Waals surface area contributed by atoms with Crippen LogP contribution >= 0.6 is 0 Å². The molecule has 0 aliphatic carbocycles. The molecule has 15 heavy (non-hydrogen) atoms. The molecule has 0 unspecified atom stereocenters. The highest BCUT2D eigenvalue weighted by Gasteiger charge is 2.13. The molecule has 1 rings (SSSR count). The van der Waals surface area contributed by atoms with Gasteiger partial charge in [-0.15, -0.1) is 0 Å². The van der Waals surface area contributed by atoms with E-state index in [0.717, 1.165) is 6.26 Å². The molecule has 0 saturated carbocycles. The highest BCUT2D eigenvalue weighted by atomic mass is 32.2. The predicted octanol–water partition coefficient (Wildman–Crippen LogP) is 0.510. The van der Waals surface area contributed by atoms with Crippen LogP contribution in [0.15, 0.2) is 0 Å². The Bertz CT molecular complexity index is 473. The zero-order chi connectivity index (χ0) is 11.6. The maximum Gasteiger partial charge on any atom is 0.186 e. The fourth-order valence-corrected chi connectivity index (χ4v) is 1.68. The van der Waals surface area contributed by atoms with Crippen LogP contribution in [0.1, 0.15) is 11.5 Å². The quantitative estimate of drug-likeness (QED) is 0.823. The van der Waals surface area contributed by atoms with E-state index in [1.807, 2.05) is 0 Å². The number of hydrogen-bond donors (Lipinski definition) is 1. The largest absolute Gasteiger partial charge is 0.371 e. The molecule has 0 aliphatic heterocycles. The minimum atomic E-state index is -3.21. The molecule has 1 aromatic heterocycles. The molecule has 0 bridgehead atoms. The van der Waals surface area contributed by atoms with Crippen molar-refractivity contribution in [2.45, 2.75) is 12.7 Å². The molecule has 1 N–H and O–H groups in total. The minimum Gasteiger partial charge on any atom is -0.371 e. The predicted molar refractivity (Wildman–Crippen MR) is 54.8 cm³/mol. The Labute approximate surface area is 87.7 Å². The van der Waals surface area contributed by atoms with Crippen molar-refractivity contribution in [3.05, 3.63) is 17.3 Å². The van der Waals surface area contributed by atoms with Crippen LogP contribution in [0.5, 0.6) is 0 Å². The van der Waals surface area contributed by atoms with Gasteiger partial charge in [-0.1, -0.05) is 0 Å². The van der Waals surface area contributed by atoms with Gasteiger partial charge in [-0.3, -0.25) is 0 Å². The van der Waals surface area contributed by atoms with E-state index in [1.165, 1.54) is 14.0 Å². The Morgan fingerprint density at radius 3 is 2.47 bits per heavy atom. The van der Waals surface area contributed by atoms with Gasteiger partial charge in [-0.05, 0) is 6.92 Å². The lowest BCUT2D eigenvalue weighted by molar-refractivity contribution is 0.592. The highest BCUT2D eigenvalue weighted by Crippen LogP contribution is 2.13. The fourth-order valence-electron chi connectivity index (χ4n) is 1.08. The second-order valence-corrected chi connectivity index (χ2v) is 5.35. The minimum absolute atomic E-state index is 0.0150. The molecule has 84 valence electrons. The smallest absolute Gasteiger partial charge is 0.186 e. The van der Waals surface area contributed by atoms with Gasteiger partial charge >= 0.3 is 0 Å². The third kappa shape index (κ3) is 3.12. The van der Waals surface area contributed by atoms with E-state index in [1.54, 1.807) is 0 Å². The number of sulfone groups is 1. The molecule has 7 heteroatoms. The fraction of sp³-hybridized carbons (Fsp3) is 0.500. The van der Waals surface area contributed by atoms with Crippen LogP contribution in [-0.2, 0) is 15.6 Å². The first-order valence-corrected chi connectivity index (χ1v) is 6.28. The van der Waals surface area contributed by atoms with Crippen LogP contribution < -0.4 is 5.32 Å². The molecule has 0 saturated heterocycles. The van der Waals surface area contributed by atoms with Crippen molar-refractivity contribution in [3.63, 3.8) is 0 Å². The highest BCUT2D eigenvalue weighted by molar-refractivity contribution is 7.89. The summed E-state index contributed by atoms with van der Waals surface area (Å²) in [7, 11) is -1.70. The molecular formula is C8H12FN3O2S. The molecule has 1 aromatic rings. The molecular weight excluding hydrogens is 221 g/mol. The lowest BCUT2D eigenvalue weighted by Gasteiger charge is -2.06. The number of nitrogens with zero attached hydrogens (tertiary/aromatic N) is 2. The van der Waals surface area contributed by atoms with Crippen LogP contribution in [0, 0.1) is 12.7 Å². The molecule has 0 spiro atoms. The molecule has 0 aliphatic rings.